The topological polar surface area (TPSA) is 63.7 Å². The third-order valence-corrected chi connectivity index (χ3v) is 5.05. The van der Waals surface area contributed by atoms with E-state index in [-0.39, 0.29) is 11.7 Å². The van der Waals surface area contributed by atoms with E-state index in [1.165, 1.54) is 12.1 Å². The van der Waals surface area contributed by atoms with Gasteiger partial charge in [-0.2, -0.15) is 0 Å². The quantitative estimate of drug-likeness (QED) is 0.895. The van der Waals surface area contributed by atoms with Gasteiger partial charge in [0.05, 0.1) is 25.1 Å². The summed E-state index contributed by atoms with van der Waals surface area (Å²) < 4.78 is 24.4. The molecule has 4 rings (SSSR count). The van der Waals surface area contributed by atoms with E-state index in [0.29, 0.717) is 25.5 Å². The number of anilines is 1. The second-order valence-corrected chi connectivity index (χ2v) is 6.81. The number of piperidine rings is 1. The molecule has 0 saturated carbocycles. The Morgan fingerprint density at radius 1 is 1.11 bits per heavy atom. The number of hydrogen-bond acceptors (Lipinski definition) is 5. The summed E-state index contributed by atoms with van der Waals surface area (Å²) in [5, 5.41) is 2.80. The Morgan fingerprint density at radius 3 is 2.44 bits per heavy atom. The van der Waals surface area contributed by atoms with Gasteiger partial charge in [0.15, 0.2) is 5.79 Å². The zero-order valence-electron chi connectivity index (χ0n) is 15.0. The van der Waals surface area contributed by atoms with Crippen LogP contribution in [-0.4, -0.2) is 43.0 Å². The van der Waals surface area contributed by atoms with Crippen LogP contribution in [-0.2, 0) is 16.0 Å². The maximum absolute atomic E-state index is 12.9. The van der Waals surface area contributed by atoms with E-state index in [1.807, 2.05) is 6.07 Å². The summed E-state index contributed by atoms with van der Waals surface area (Å²) in [5.41, 5.74) is 2.18. The highest BCUT2D eigenvalue weighted by molar-refractivity contribution is 5.92. The number of nitrogens with one attached hydrogen (secondary N) is 1. The number of rotatable bonds is 4. The Hall–Kier alpha value is -2.51. The molecule has 1 amide bonds. The molecule has 1 N–H and O–H groups in total. The average molecular weight is 371 g/mol. The fraction of sp³-hybridized carbons (Fsp3) is 0.400. The van der Waals surface area contributed by atoms with Gasteiger partial charge >= 0.3 is 0 Å². The lowest BCUT2D eigenvalue weighted by atomic mass is 10.0. The molecule has 6 nitrogen and oxygen atoms in total. The molecule has 2 aromatic rings. The maximum Gasteiger partial charge on any atom is 0.270 e. The summed E-state index contributed by atoms with van der Waals surface area (Å²) in [6.45, 7) is 3.33. The molecule has 2 saturated heterocycles. The molecule has 2 fully saturated rings. The van der Waals surface area contributed by atoms with E-state index in [1.54, 1.807) is 24.4 Å². The monoisotopic (exact) mass is 371 g/mol. The van der Waals surface area contributed by atoms with Crippen molar-refractivity contribution in [1.29, 1.82) is 0 Å². The number of benzene rings is 1. The fourth-order valence-electron chi connectivity index (χ4n) is 3.47. The number of carbonyl (C=O) groups is 1. The van der Waals surface area contributed by atoms with Crippen molar-refractivity contribution in [2.75, 3.05) is 31.2 Å². The predicted molar refractivity (Wildman–Crippen MR) is 97.9 cm³/mol. The van der Waals surface area contributed by atoms with Crippen LogP contribution in [0.2, 0.25) is 0 Å². The van der Waals surface area contributed by atoms with Crippen LogP contribution in [0.1, 0.15) is 28.9 Å². The lowest BCUT2D eigenvalue weighted by Crippen LogP contribution is -2.45. The minimum atomic E-state index is -0.399. The maximum atomic E-state index is 12.9. The zero-order chi connectivity index (χ0) is 18.7. The lowest BCUT2D eigenvalue weighted by Gasteiger charge is -2.38. The second kappa shape index (κ2) is 7.62. The van der Waals surface area contributed by atoms with Gasteiger partial charge in [0.1, 0.15) is 11.5 Å². The van der Waals surface area contributed by atoms with E-state index in [2.05, 4.69) is 15.2 Å². The van der Waals surface area contributed by atoms with Gasteiger partial charge in [0.2, 0.25) is 0 Å². The molecule has 2 aliphatic heterocycles. The summed E-state index contributed by atoms with van der Waals surface area (Å²) in [6, 6.07) is 9.67. The normalized spacial score (nSPS) is 18.6. The molecule has 0 radical (unpaired) electrons. The van der Waals surface area contributed by atoms with Crippen LogP contribution in [0.5, 0.6) is 0 Å². The second-order valence-electron chi connectivity index (χ2n) is 6.81. The highest BCUT2D eigenvalue weighted by Gasteiger charge is 2.39. The standard InChI is InChI=1S/C20H22FN3O3/c21-16-3-1-15(2-4-16)13-23-19(25)18-6-5-17(14-22-18)24-9-7-20(8-10-24)26-11-12-27-20/h1-6,14H,7-13H2,(H,23,25). The molecule has 0 atom stereocenters. The molecule has 27 heavy (non-hydrogen) atoms. The first-order valence-corrected chi connectivity index (χ1v) is 9.15. The van der Waals surface area contributed by atoms with Crippen molar-refractivity contribution in [3.63, 3.8) is 0 Å². The number of ether oxygens (including phenoxy) is 2. The first kappa shape index (κ1) is 17.9. The summed E-state index contributed by atoms with van der Waals surface area (Å²) >= 11 is 0. The molecule has 0 bridgehead atoms. The number of amides is 1. The van der Waals surface area contributed by atoms with Gasteiger partial charge < -0.3 is 19.7 Å². The van der Waals surface area contributed by atoms with Gasteiger partial charge in [-0.15, -0.1) is 0 Å². The number of aromatic nitrogens is 1. The Morgan fingerprint density at radius 2 is 1.81 bits per heavy atom. The highest BCUT2D eigenvalue weighted by atomic mass is 19.1. The molecule has 3 heterocycles. The summed E-state index contributed by atoms with van der Waals surface area (Å²) in [5.74, 6) is -0.947. The minimum absolute atomic E-state index is 0.253. The third kappa shape index (κ3) is 4.09. The van der Waals surface area contributed by atoms with Gasteiger partial charge in [-0.05, 0) is 29.8 Å². The highest BCUT2D eigenvalue weighted by Crippen LogP contribution is 2.32. The molecule has 1 aromatic heterocycles. The van der Waals surface area contributed by atoms with Crippen molar-refractivity contribution in [2.24, 2.45) is 0 Å². The molecule has 1 spiro atoms. The minimum Gasteiger partial charge on any atom is -0.370 e. The number of hydrogen-bond donors (Lipinski definition) is 1. The van der Waals surface area contributed by atoms with Gasteiger partial charge in [0.25, 0.3) is 5.91 Å². The van der Waals surface area contributed by atoms with Gasteiger partial charge in [-0.1, -0.05) is 12.1 Å². The number of carbonyl (C=O) groups excluding carboxylic acids is 1. The smallest absolute Gasteiger partial charge is 0.270 e. The van der Waals surface area contributed by atoms with Crippen molar-refractivity contribution in [3.8, 4) is 0 Å². The molecule has 1 aromatic carbocycles. The third-order valence-electron chi connectivity index (χ3n) is 5.05. The summed E-state index contributed by atoms with van der Waals surface area (Å²) in [4.78, 5) is 18.8. The number of pyridine rings is 1. The van der Waals surface area contributed by atoms with Gasteiger partial charge in [-0.3, -0.25) is 4.79 Å². The molecule has 0 aliphatic carbocycles. The van der Waals surface area contributed by atoms with Crippen LogP contribution < -0.4 is 10.2 Å². The van der Waals surface area contributed by atoms with Crippen LogP contribution in [0.4, 0.5) is 10.1 Å². The molecule has 0 unspecified atom stereocenters. The lowest BCUT2D eigenvalue weighted by molar-refractivity contribution is -0.169. The van der Waals surface area contributed by atoms with Crippen LogP contribution >= 0.6 is 0 Å². The SMILES string of the molecule is O=C(NCc1ccc(F)cc1)c1ccc(N2CCC3(CC2)OCCO3)cn1. The molecule has 2 aliphatic rings. The molecular weight excluding hydrogens is 349 g/mol. The Labute approximate surface area is 157 Å². The molecule has 7 heteroatoms. The fourth-order valence-corrected chi connectivity index (χ4v) is 3.47. The summed E-state index contributed by atoms with van der Waals surface area (Å²) in [6.07, 6.45) is 3.38. The largest absolute Gasteiger partial charge is 0.370 e. The van der Waals surface area contributed by atoms with E-state index >= 15 is 0 Å². The Bertz CT molecular complexity index is 779. The van der Waals surface area contributed by atoms with Crippen LogP contribution in [0, 0.1) is 5.82 Å². The number of nitrogens with zero attached hydrogens (tertiary/aromatic N) is 2. The Kier molecular flexibility index (Phi) is 5.05. The van der Waals surface area contributed by atoms with Gasteiger partial charge in [-0.25, -0.2) is 9.37 Å². The average Bonchev–Trinajstić information content (AvgIpc) is 3.16. The van der Waals surface area contributed by atoms with Crippen molar-refractivity contribution < 1.29 is 18.7 Å². The van der Waals surface area contributed by atoms with Crippen molar-refractivity contribution >= 4 is 11.6 Å². The first-order valence-electron chi connectivity index (χ1n) is 9.15. The van der Waals surface area contributed by atoms with E-state index in [4.69, 9.17) is 9.47 Å². The van der Waals surface area contributed by atoms with Crippen molar-refractivity contribution in [3.05, 3.63) is 59.7 Å². The number of halogens is 1. The Balaban J connectivity index is 1.32. The van der Waals surface area contributed by atoms with Crippen LogP contribution in [0.25, 0.3) is 0 Å². The molecular formula is C20H22FN3O3. The van der Waals surface area contributed by atoms with Gasteiger partial charge in [0, 0.05) is 32.5 Å². The van der Waals surface area contributed by atoms with E-state index in [9.17, 15) is 9.18 Å². The van der Waals surface area contributed by atoms with Crippen LogP contribution in [0.3, 0.4) is 0 Å². The van der Waals surface area contributed by atoms with Crippen molar-refractivity contribution in [2.45, 2.75) is 25.2 Å². The van der Waals surface area contributed by atoms with Crippen LogP contribution in [0.15, 0.2) is 42.6 Å². The zero-order valence-corrected chi connectivity index (χ0v) is 15.0. The van der Waals surface area contributed by atoms with E-state index in [0.717, 1.165) is 37.2 Å². The summed E-state index contributed by atoms with van der Waals surface area (Å²) in [7, 11) is 0. The predicted octanol–water partition coefficient (Wildman–Crippen LogP) is 2.49. The first-order chi connectivity index (χ1) is 13.1. The van der Waals surface area contributed by atoms with E-state index < -0.39 is 5.79 Å². The van der Waals surface area contributed by atoms with Crippen molar-refractivity contribution in [1.82, 2.24) is 10.3 Å². The molecule has 142 valence electrons.